The molecule has 1 aromatic rings. The fraction of sp³-hybridized carbons (Fsp3) is 0.600. The summed E-state index contributed by atoms with van der Waals surface area (Å²) in [6, 6.07) is 6.46. The van der Waals surface area contributed by atoms with Crippen LogP contribution in [0.1, 0.15) is 32.6 Å². The zero-order valence-corrected chi connectivity index (χ0v) is 12.6. The number of nitrogens with one attached hydrogen (secondary N) is 1. The zero-order valence-electron chi connectivity index (χ0n) is 11.7. The molecule has 2 aliphatic rings. The fourth-order valence-electron chi connectivity index (χ4n) is 3.99. The molecule has 3 N–H and O–H groups in total. The molecule has 2 saturated carbocycles. The lowest BCUT2D eigenvalue weighted by atomic mass is 9.84. The molecule has 110 valence electrons. The average molecular weight is 294 g/mol. The van der Waals surface area contributed by atoms with Gasteiger partial charge in [0, 0.05) is 11.7 Å². The van der Waals surface area contributed by atoms with Crippen molar-refractivity contribution in [1.82, 2.24) is 4.72 Å². The number of rotatable bonds is 4. The fourth-order valence-corrected chi connectivity index (χ4v) is 5.34. The molecule has 0 aliphatic heterocycles. The average Bonchev–Trinajstić information content (AvgIpc) is 3.00. The van der Waals surface area contributed by atoms with E-state index in [9.17, 15) is 8.42 Å². The van der Waals surface area contributed by atoms with Crippen LogP contribution in [0.3, 0.4) is 0 Å². The molecule has 0 heterocycles. The number of fused-ring (bicyclic) bond motifs is 2. The van der Waals surface area contributed by atoms with Gasteiger partial charge >= 0.3 is 0 Å². The van der Waals surface area contributed by atoms with E-state index in [0.717, 1.165) is 5.92 Å². The maximum Gasteiger partial charge on any atom is 0.240 e. The molecule has 4 unspecified atom stereocenters. The first-order chi connectivity index (χ1) is 9.45. The first-order valence-electron chi connectivity index (χ1n) is 7.33. The third-order valence-corrected chi connectivity index (χ3v) is 6.50. The van der Waals surface area contributed by atoms with Crippen molar-refractivity contribution in [3.05, 3.63) is 24.3 Å². The minimum atomic E-state index is -3.47. The Balaban J connectivity index is 1.73. The Kier molecular flexibility index (Phi) is 3.50. The van der Waals surface area contributed by atoms with E-state index in [2.05, 4.69) is 4.72 Å². The number of nitrogens with two attached hydrogens (primary N) is 1. The molecule has 0 amide bonds. The maximum atomic E-state index is 12.4. The van der Waals surface area contributed by atoms with Gasteiger partial charge in [0.05, 0.1) is 4.90 Å². The van der Waals surface area contributed by atoms with Crippen LogP contribution in [0.4, 0.5) is 5.69 Å². The van der Waals surface area contributed by atoms with E-state index in [4.69, 9.17) is 5.73 Å². The van der Waals surface area contributed by atoms with Crippen molar-refractivity contribution in [2.75, 3.05) is 5.73 Å². The molecule has 2 fully saturated rings. The molecular formula is C15H22N2O2S. The van der Waals surface area contributed by atoms with E-state index >= 15 is 0 Å². The summed E-state index contributed by atoms with van der Waals surface area (Å²) in [5.41, 5.74) is 6.14. The summed E-state index contributed by atoms with van der Waals surface area (Å²) in [5, 5.41) is 0. The Morgan fingerprint density at radius 1 is 1.30 bits per heavy atom. The van der Waals surface area contributed by atoms with Crippen LogP contribution < -0.4 is 10.5 Å². The summed E-state index contributed by atoms with van der Waals surface area (Å²) < 4.78 is 27.6. The van der Waals surface area contributed by atoms with Gasteiger partial charge in [-0.3, -0.25) is 0 Å². The molecule has 0 radical (unpaired) electrons. The van der Waals surface area contributed by atoms with Gasteiger partial charge in [-0.15, -0.1) is 0 Å². The summed E-state index contributed by atoms with van der Waals surface area (Å²) in [4.78, 5) is 0.257. The SMILES string of the molecule is CC(NS(=O)(=O)c1cccc(N)c1)C1CC2CCC1C2. The van der Waals surface area contributed by atoms with E-state index < -0.39 is 10.0 Å². The van der Waals surface area contributed by atoms with Gasteiger partial charge < -0.3 is 5.73 Å². The van der Waals surface area contributed by atoms with Crippen LogP contribution in [0.5, 0.6) is 0 Å². The van der Waals surface area contributed by atoms with E-state index in [1.807, 2.05) is 6.92 Å². The number of benzene rings is 1. The second-order valence-corrected chi connectivity index (χ2v) is 8.04. The molecule has 0 saturated heterocycles. The minimum absolute atomic E-state index is 0.00303. The first-order valence-corrected chi connectivity index (χ1v) is 8.82. The molecule has 2 aliphatic carbocycles. The lowest BCUT2D eigenvalue weighted by molar-refractivity contribution is 0.280. The van der Waals surface area contributed by atoms with Crippen molar-refractivity contribution in [1.29, 1.82) is 0 Å². The van der Waals surface area contributed by atoms with E-state index in [1.54, 1.807) is 18.2 Å². The van der Waals surface area contributed by atoms with Crippen LogP contribution >= 0.6 is 0 Å². The smallest absolute Gasteiger partial charge is 0.240 e. The van der Waals surface area contributed by atoms with Crippen molar-refractivity contribution in [3.8, 4) is 0 Å². The Labute approximate surface area is 120 Å². The van der Waals surface area contributed by atoms with Gasteiger partial charge in [-0.05, 0) is 62.1 Å². The Hall–Kier alpha value is -1.07. The Morgan fingerprint density at radius 2 is 2.10 bits per heavy atom. The van der Waals surface area contributed by atoms with E-state index in [1.165, 1.54) is 31.7 Å². The van der Waals surface area contributed by atoms with Gasteiger partial charge in [0.15, 0.2) is 0 Å². The topological polar surface area (TPSA) is 72.2 Å². The van der Waals surface area contributed by atoms with Crippen molar-refractivity contribution >= 4 is 15.7 Å². The first kappa shape index (κ1) is 13.9. The van der Waals surface area contributed by atoms with Crippen molar-refractivity contribution in [3.63, 3.8) is 0 Å². The maximum absolute atomic E-state index is 12.4. The van der Waals surface area contributed by atoms with Crippen LogP contribution in [0.2, 0.25) is 0 Å². The number of nitrogen functional groups attached to an aromatic ring is 1. The highest BCUT2D eigenvalue weighted by molar-refractivity contribution is 7.89. The third kappa shape index (κ3) is 2.56. The predicted octanol–water partition coefficient (Wildman–Crippen LogP) is 2.37. The summed E-state index contributed by atoms with van der Waals surface area (Å²) in [5.74, 6) is 2.02. The molecule has 4 nitrogen and oxygen atoms in total. The second kappa shape index (κ2) is 5.04. The number of hydrogen-bond donors (Lipinski definition) is 2. The number of anilines is 1. The molecule has 5 heteroatoms. The highest BCUT2D eigenvalue weighted by Crippen LogP contribution is 2.49. The van der Waals surface area contributed by atoms with Gasteiger partial charge in [0.1, 0.15) is 0 Å². The largest absolute Gasteiger partial charge is 0.399 e. The number of sulfonamides is 1. The molecule has 1 aromatic carbocycles. The highest BCUT2D eigenvalue weighted by Gasteiger charge is 2.42. The highest BCUT2D eigenvalue weighted by atomic mass is 32.2. The molecule has 3 rings (SSSR count). The van der Waals surface area contributed by atoms with Crippen molar-refractivity contribution in [2.24, 2.45) is 17.8 Å². The normalized spacial score (nSPS) is 30.6. The lowest BCUT2D eigenvalue weighted by Gasteiger charge is -2.28. The minimum Gasteiger partial charge on any atom is -0.399 e. The van der Waals surface area contributed by atoms with E-state index in [-0.39, 0.29) is 10.9 Å². The van der Waals surface area contributed by atoms with Gasteiger partial charge in [0.2, 0.25) is 10.0 Å². The quantitative estimate of drug-likeness (QED) is 0.837. The summed E-state index contributed by atoms with van der Waals surface area (Å²) in [6.07, 6.45) is 5.05. The Morgan fingerprint density at radius 3 is 2.70 bits per heavy atom. The predicted molar refractivity (Wildman–Crippen MR) is 79.6 cm³/mol. The van der Waals surface area contributed by atoms with Gasteiger partial charge in [-0.1, -0.05) is 12.5 Å². The van der Waals surface area contributed by atoms with E-state index in [0.29, 0.717) is 17.5 Å². The van der Waals surface area contributed by atoms with Crippen LogP contribution in [0.25, 0.3) is 0 Å². The zero-order chi connectivity index (χ0) is 14.3. The molecule has 2 bridgehead atoms. The molecule has 20 heavy (non-hydrogen) atoms. The van der Waals surface area contributed by atoms with Crippen molar-refractivity contribution in [2.45, 2.75) is 43.5 Å². The van der Waals surface area contributed by atoms with Gasteiger partial charge in [0.25, 0.3) is 0 Å². The molecular weight excluding hydrogens is 272 g/mol. The second-order valence-electron chi connectivity index (χ2n) is 6.32. The van der Waals surface area contributed by atoms with Crippen LogP contribution in [-0.4, -0.2) is 14.5 Å². The number of hydrogen-bond acceptors (Lipinski definition) is 3. The summed E-state index contributed by atoms with van der Waals surface area (Å²) in [6.45, 7) is 2.00. The van der Waals surface area contributed by atoms with Gasteiger partial charge in [-0.25, -0.2) is 13.1 Å². The van der Waals surface area contributed by atoms with Crippen LogP contribution in [0.15, 0.2) is 29.2 Å². The van der Waals surface area contributed by atoms with Gasteiger partial charge in [-0.2, -0.15) is 0 Å². The third-order valence-electron chi connectivity index (χ3n) is 4.94. The molecule has 4 atom stereocenters. The van der Waals surface area contributed by atoms with Crippen LogP contribution in [-0.2, 0) is 10.0 Å². The summed E-state index contributed by atoms with van der Waals surface area (Å²) >= 11 is 0. The standard InChI is InChI=1S/C15H22N2O2S/c1-10(15-8-11-5-6-12(15)7-11)17-20(18,19)14-4-2-3-13(16)9-14/h2-4,9-12,15,17H,5-8,16H2,1H3. The summed E-state index contributed by atoms with van der Waals surface area (Å²) in [7, 11) is -3.47. The van der Waals surface area contributed by atoms with Crippen molar-refractivity contribution < 1.29 is 8.42 Å². The lowest BCUT2D eigenvalue weighted by Crippen LogP contribution is -2.40. The van der Waals surface area contributed by atoms with Crippen LogP contribution in [0, 0.1) is 17.8 Å². The monoisotopic (exact) mass is 294 g/mol. The molecule has 0 aromatic heterocycles. The Bertz CT molecular complexity index is 600. The molecule has 0 spiro atoms.